The van der Waals surface area contributed by atoms with E-state index in [0.29, 0.717) is 13.1 Å². The second-order valence-corrected chi connectivity index (χ2v) is 12.4. The molecule has 1 atom stereocenters. The Morgan fingerprint density at radius 3 is 2.05 bits per heavy atom. The molecule has 206 valence electrons. The summed E-state index contributed by atoms with van der Waals surface area (Å²) in [6.07, 6.45) is 1.95. The molecule has 0 bridgehead atoms. The molecule has 2 saturated heterocycles. The predicted molar refractivity (Wildman–Crippen MR) is 148 cm³/mol. The lowest BCUT2D eigenvalue weighted by molar-refractivity contribution is 0.129. The normalized spacial score (nSPS) is 18.2. The van der Waals surface area contributed by atoms with E-state index in [0.717, 1.165) is 22.7 Å². The summed E-state index contributed by atoms with van der Waals surface area (Å²) in [5.41, 5.74) is -0.0782. The number of halogens is 2. The Labute approximate surface area is 230 Å². The van der Waals surface area contributed by atoms with Crippen LogP contribution < -0.4 is 20.4 Å². The third-order valence-electron chi connectivity index (χ3n) is 7.23. The summed E-state index contributed by atoms with van der Waals surface area (Å²) in [4.78, 5) is 15.3. The van der Waals surface area contributed by atoms with Gasteiger partial charge in [-0.25, -0.2) is 22.9 Å². The average Bonchev–Trinajstić information content (AvgIpc) is 3.63. The van der Waals surface area contributed by atoms with Gasteiger partial charge < -0.3 is 9.64 Å². The molecular formula is C28H27F2N6O3P. The van der Waals surface area contributed by atoms with Crippen LogP contribution in [0.3, 0.4) is 0 Å². The summed E-state index contributed by atoms with van der Waals surface area (Å²) < 4.78 is 54.2. The van der Waals surface area contributed by atoms with Crippen LogP contribution in [0.5, 0.6) is 0 Å². The van der Waals surface area contributed by atoms with Gasteiger partial charge in [-0.2, -0.15) is 0 Å². The number of hydrogen-bond donors (Lipinski definition) is 0. The lowest BCUT2D eigenvalue weighted by atomic mass is 10.2. The zero-order valence-corrected chi connectivity index (χ0v) is 22.4. The van der Waals surface area contributed by atoms with Gasteiger partial charge in [0.25, 0.3) is 0 Å². The number of ether oxygens (including phenoxy) is 1. The van der Waals surface area contributed by atoms with E-state index < -0.39 is 31.1 Å². The van der Waals surface area contributed by atoms with Crippen molar-refractivity contribution in [3.8, 4) is 0 Å². The summed E-state index contributed by atoms with van der Waals surface area (Å²) in [5, 5.41) is 9.02. The molecule has 3 aromatic carbocycles. The lowest BCUT2D eigenvalue weighted by Gasteiger charge is -2.40. The maximum absolute atomic E-state index is 15.4. The molecule has 4 aromatic rings. The Bertz CT molecular complexity index is 1470. The molecule has 0 saturated carbocycles. The van der Waals surface area contributed by atoms with E-state index in [4.69, 9.17) is 4.74 Å². The number of benzene rings is 3. The molecule has 12 heteroatoms. The van der Waals surface area contributed by atoms with Crippen LogP contribution in [0.4, 0.5) is 25.0 Å². The van der Waals surface area contributed by atoms with E-state index in [1.54, 1.807) is 11.1 Å². The molecule has 1 amide bonds. The number of cyclic esters (lactones) is 1. The van der Waals surface area contributed by atoms with Gasteiger partial charge in [-0.15, -0.1) is 5.10 Å². The molecular weight excluding hydrogens is 537 g/mol. The Balaban J connectivity index is 1.19. The quantitative estimate of drug-likeness (QED) is 0.317. The van der Waals surface area contributed by atoms with Gasteiger partial charge in [0.15, 0.2) is 11.6 Å². The molecule has 3 heterocycles. The number of anilines is 2. The minimum Gasteiger partial charge on any atom is -0.442 e. The Hall–Kier alpha value is -4.08. The molecule has 1 aromatic heterocycles. The number of hydrogen-bond acceptors (Lipinski definition) is 6. The van der Waals surface area contributed by atoms with Gasteiger partial charge in [-0.1, -0.05) is 41.6 Å². The fourth-order valence-corrected chi connectivity index (χ4v) is 8.16. The molecule has 0 aliphatic carbocycles. The fraction of sp³-hybridized carbons (Fsp3) is 0.250. The third-order valence-corrected chi connectivity index (χ3v) is 10.4. The van der Waals surface area contributed by atoms with Gasteiger partial charge in [-0.05, 0) is 24.3 Å². The molecule has 0 spiro atoms. The predicted octanol–water partition coefficient (Wildman–Crippen LogP) is 3.63. The largest absolute Gasteiger partial charge is 0.442 e. The number of rotatable bonds is 7. The highest BCUT2D eigenvalue weighted by molar-refractivity contribution is 7.76. The number of piperazine rings is 1. The first-order valence-electron chi connectivity index (χ1n) is 13.0. The second kappa shape index (κ2) is 10.8. The maximum Gasteiger partial charge on any atom is 0.414 e. The van der Waals surface area contributed by atoms with E-state index in [1.165, 1.54) is 15.8 Å². The monoisotopic (exact) mass is 564 g/mol. The topological polar surface area (TPSA) is 83.8 Å². The van der Waals surface area contributed by atoms with Crippen molar-refractivity contribution in [2.45, 2.75) is 12.6 Å². The Kier molecular flexibility index (Phi) is 7.08. The second-order valence-electron chi connectivity index (χ2n) is 9.69. The molecule has 0 N–H and O–H groups in total. The van der Waals surface area contributed by atoms with E-state index in [-0.39, 0.29) is 37.6 Å². The van der Waals surface area contributed by atoms with Gasteiger partial charge in [0.2, 0.25) is 7.29 Å². The highest BCUT2D eigenvalue weighted by atomic mass is 31.2. The molecule has 40 heavy (non-hydrogen) atoms. The number of nitrogens with zero attached hydrogens (tertiary/aromatic N) is 6. The van der Waals surface area contributed by atoms with E-state index in [9.17, 15) is 9.36 Å². The van der Waals surface area contributed by atoms with Gasteiger partial charge >= 0.3 is 6.09 Å². The van der Waals surface area contributed by atoms with Crippen LogP contribution >= 0.6 is 7.29 Å². The zero-order valence-electron chi connectivity index (χ0n) is 21.5. The summed E-state index contributed by atoms with van der Waals surface area (Å²) in [5.74, 6) is -1.55. The molecule has 2 aliphatic rings. The highest BCUT2D eigenvalue weighted by Crippen LogP contribution is 2.48. The summed E-state index contributed by atoms with van der Waals surface area (Å²) >= 11 is 0. The molecule has 6 rings (SSSR count). The van der Waals surface area contributed by atoms with Gasteiger partial charge in [-0.3, -0.25) is 9.46 Å². The van der Waals surface area contributed by atoms with Crippen molar-refractivity contribution in [3.63, 3.8) is 0 Å². The molecule has 2 fully saturated rings. The van der Waals surface area contributed by atoms with Gasteiger partial charge in [0, 0.05) is 55.1 Å². The number of amides is 1. The average molecular weight is 565 g/mol. The molecule has 9 nitrogen and oxygen atoms in total. The molecule has 0 unspecified atom stereocenters. The van der Waals surface area contributed by atoms with Crippen LogP contribution in [0.25, 0.3) is 0 Å². The smallest absolute Gasteiger partial charge is 0.414 e. The van der Waals surface area contributed by atoms with Crippen LogP contribution in [-0.4, -0.2) is 64.6 Å². The van der Waals surface area contributed by atoms with E-state index in [1.807, 2.05) is 65.3 Å². The van der Waals surface area contributed by atoms with Crippen LogP contribution in [0.15, 0.2) is 85.2 Å². The van der Waals surface area contributed by atoms with E-state index in [2.05, 4.69) is 10.3 Å². The van der Waals surface area contributed by atoms with Crippen LogP contribution in [0.1, 0.15) is 0 Å². The van der Waals surface area contributed by atoms with Crippen molar-refractivity contribution in [1.82, 2.24) is 19.7 Å². The minimum absolute atomic E-state index is 0.0844. The fourth-order valence-electron chi connectivity index (χ4n) is 5.31. The zero-order chi connectivity index (χ0) is 27.7. The summed E-state index contributed by atoms with van der Waals surface area (Å²) in [7, 11) is -3.15. The highest BCUT2D eigenvalue weighted by Gasteiger charge is 2.38. The lowest BCUT2D eigenvalue weighted by Crippen LogP contribution is -2.48. The SMILES string of the molecule is O=C1O[C@@H](Cn2ccnn2)CN1c1cc(F)c(N2CCN(P(=O)(c3ccccc3)c3ccccc3)CC2)c(F)c1. The Morgan fingerprint density at radius 2 is 1.50 bits per heavy atom. The first-order chi connectivity index (χ1) is 19.4. The minimum atomic E-state index is -3.15. The van der Waals surface area contributed by atoms with Gasteiger partial charge in [0.1, 0.15) is 11.8 Å². The van der Waals surface area contributed by atoms with Crippen molar-refractivity contribution in [2.75, 3.05) is 42.5 Å². The van der Waals surface area contributed by atoms with Crippen LogP contribution in [0.2, 0.25) is 0 Å². The van der Waals surface area contributed by atoms with Crippen molar-refractivity contribution >= 4 is 35.4 Å². The van der Waals surface area contributed by atoms with Crippen molar-refractivity contribution in [3.05, 3.63) is 96.8 Å². The van der Waals surface area contributed by atoms with E-state index >= 15 is 8.78 Å². The number of carbonyl (C=O) groups excluding carboxylic acids is 1. The maximum atomic E-state index is 15.4. The van der Waals surface area contributed by atoms with Crippen LogP contribution in [0, 0.1) is 11.6 Å². The van der Waals surface area contributed by atoms with Crippen LogP contribution in [-0.2, 0) is 15.8 Å². The third kappa shape index (κ3) is 4.87. The Morgan fingerprint density at radius 1 is 0.900 bits per heavy atom. The summed E-state index contributed by atoms with van der Waals surface area (Å²) in [6, 6.07) is 21.0. The molecule has 0 radical (unpaired) electrons. The van der Waals surface area contributed by atoms with Crippen molar-refractivity contribution in [1.29, 1.82) is 0 Å². The number of carbonyl (C=O) groups is 1. The standard InChI is InChI=1S/C28H27F2N6O3P/c29-25-17-21(36-20-22(39-28(36)37)19-34-12-11-31-32-34)18-26(30)27(25)33-13-15-35(16-14-33)40(38,23-7-3-1-4-8-23)24-9-5-2-6-10-24/h1-12,17-18,22H,13-16,19-20H2/t22-/m0/s1. The van der Waals surface area contributed by atoms with Gasteiger partial charge in [0.05, 0.1) is 25.0 Å². The first kappa shape index (κ1) is 26.2. The van der Waals surface area contributed by atoms with Crippen molar-refractivity contribution < 1.29 is 22.9 Å². The summed E-state index contributed by atoms with van der Waals surface area (Å²) in [6.45, 7) is 1.68. The first-order valence-corrected chi connectivity index (χ1v) is 14.6. The van der Waals surface area contributed by atoms with Crippen molar-refractivity contribution in [2.24, 2.45) is 0 Å². The number of aromatic nitrogens is 3. The molecule has 2 aliphatic heterocycles.